The molecule has 2 aromatic rings. The minimum Gasteiger partial charge on any atom is -0.462 e. The average Bonchev–Trinajstić information content (AvgIpc) is 2.96. The Balaban J connectivity index is 1.76. The summed E-state index contributed by atoms with van der Waals surface area (Å²) in [6, 6.07) is 9.38. The molecule has 0 bridgehead atoms. The van der Waals surface area contributed by atoms with E-state index in [1.165, 1.54) is 0 Å². The van der Waals surface area contributed by atoms with Crippen molar-refractivity contribution in [3.8, 4) is 0 Å². The number of benzene rings is 1. The highest BCUT2D eigenvalue weighted by atomic mass is 32.1. The largest absolute Gasteiger partial charge is 0.462 e. The molecular formula is C18H21N3O4S. The van der Waals surface area contributed by atoms with Crippen LogP contribution in [0.4, 0.5) is 5.13 Å². The average molecular weight is 375 g/mol. The predicted octanol–water partition coefficient (Wildman–Crippen LogP) is 2.32. The van der Waals surface area contributed by atoms with Gasteiger partial charge in [0.25, 0.3) is 0 Å². The third-order valence-corrected chi connectivity index (χ3v) is 4.44. The minimum absolute atomic E-state index is 0.119. The molecule has 0 spiro atoms. The van der Waals surface area contributed by atoms with Crippen LogP contribution >= 0.6 is 11.3 Å². The first-order valence-electron chi connectivity index (χ1n) is 8.24. The highest BCUT2D eigenvalue weighted by molar-refractivity contribution is 7.17. The van der Waals surface area contributed by atoms with Crippen molar-refractivity contribution in [1.82, 2.24) is 10.3 Å². The molecule has 2 N–H and O–H groups in total. The number of hydrogen-bond acceptors (Lipinski definition) is 6. The molecule has 2 amide bonds. The van der Waals surface area contributed by atoms with Crippen LogP contribution in [0.2, 0.25) is 0 Å². The summed E-state index contributed by atoms with van der Waals surface area (Å²) in [5, 5.41) is 5.68. The molecule has 0 aliphatic carbocycles. The van der Waals surface area contributed by atoms with Gasteiger partial charge in [-0.2, -0.15) is 0 Å². The number of amides is 2. The van der Waals surface area contributed by atoms with Gasteiger partial charge in [-0.1, -0.05) is 41.7 Å². The SMILES string of the molecule is CCOC(=O)c1sc(NC(=O)CCNC(=O)Cc2ccccc2)nc1C. The summed E-state index contributed by atoms with van der Waals surface area (Å²) in [4.78, 5) is 40.1. The molecule has 0 unspecified atom stereocenters. The molecule has 1 heterocycles. The lowest BCUT2D eigenvalue weighted by Crippen LogP contribution is -2.28. The standard InChI is InChI=1S/C18H21N3O4S/c1-3-25-17(24)16-12(2)20-18(26-16)21-14(22)9-10-19-15(23)11-13-7-5-4-6-8-13/h4-8H,3,9-11H2,1-2H3,(H,19,23)(H,20,21,22). The van der Waals surface area contributed by atoms with Gasteiger partial charge in [0.05, 0.1) is 18.7 Å². The van der Waals surface area contributed by atoms with Gasteiger partial charge < -0.3 is 15.4 Å². The highest BCUT2D eigenvalue weighted by Crippen LogP contribution is 2.23. The fourth-order valence-electron chi connectivity index (χ4n) is 2.18. The van der Waals surface area contributed by atoms with E-state index in [2.05, 4.69) is 15.6 Å². The van der Waals surface area contributed by atoms with Crippen LogP contribution in [0.25, 0.3) is 0 Å². The van der Waals surface area contributed by atoms with Gasteiger partial charge in [-0.3, -0.25) is 9.59 Å². The number of hydrogen-bond donors (Lipinski definition) is 2. The van der Waals surface area contributed by atoms with E-state index in [9.17, 15) is 14.4 Å². The first-order valence-corrected chi connectivity index (χ1v) is 9.06. The number of carbonyl (C=O) groups is 3. The van der Waals surface area contributed by atoms with Crippen molar-refractivity contribution in [2.45, 2.75) is 26.7 Å². The van der Waals surface area contributed by atoms with E-state index in [4.69, 9.17) is 4.74 Å². The summed E-state index contributed by atoms with van der Waals surface area (Å²) in [5.41, 5.74) is 1.43. The monoisotopic (exact) mass is 375 g/mol. The fraction of sp³-hybridized carbons (Fsp3) is 0.333. The Morgan fingerprint density at radius 2 is 1.88 bits per heavy atom. The lowest BCUT2D eigenvalue weighted by atomic mass is 10.1. The Hall–Kier alpha value is -2.74. The Morgan fingerprint density at radius 1 is 1.15 bits per heavy atom. The van der Waals surface area contributed by atoms with Gasteiger partial charge in [-0.05, 0) is 19.4 Å². The quantitative estimate of drug-likeness (QED) is 0.690. The van der Waals surface area contributed by atoms with Gasteiger partial charge >= 0.3 is 5.97 Å². The van der Waals surface area contributed by atoms with Gasteiger partial charge in [0, 0.05) is 13.0 Å². The van der Waals surface area contributed by atoms with Crippen LogP contribution in [0.5, 0.6) is 0 Å². The van der Waals surface area contributed by atoms with E-state index < -0.39 is 5.97 Å². The normalized spacial score (nSPS) is 10.2. The maximum Gasteiger partial charge on any atom is 0.350 e. The van der Waals surface area contributed by atoms with Crippen molar-refractivity contribution in [3.05, 3.63) is 46.5 Å². The molecule has 7 nitrogen and oxygen atoms in total. The summed E-state index contributed by atoms with van der Waals surface area (Å²) < 4.78 is 4.94. The maximum absolute atomic E-state index is 12.0. The van der Waals surface area contributed by atoms with Crippen molar-refractivity contribution in [3.63, 3.8) is 0 Å². The molecule has 0 fully saturated rings. The third kappa shape index (κ3) is 5.96. The zero-order valence-corrected chi connectivity index (χ0v) is 15.5. The Labute approximate surface area is 155 Å². The smallest absolute Gasteiger partial charge is 0.350 e. The van der Waals surface area contributed by atoms with E-state index in [0.717, 1.165) is 16.9 Å². The number of ether oxygens (including phenoxy) is 1. The van der Waals surface area contributed by atoms with Gasteiger partial charge in [0.1, 0.15) is 4.88 Å². The predicted molar refractivity (Wildman–Crippen MR) is 99.2 cm³/mol. The topological polar surface area (TPSA) is 97.4 Å². The van der Waals surface area contributed by atoms with Crippen LogP contribution in [0.1, 0.15) is 34.3 Å². The Bertz CT molecular complexity index is 774. The number of carbonyl (C=O) groups excluding carboxylic acids is 3. The fourth-order valence-corrected chi connectivity index (χ4v) is 3.05. The Kier molecular flexibility index (Phi) is 7.28. The number of nitrogens with zero attached hydrogens (tertiary/aromatic N) is 1. The lowest BCUT2D eigenvalue weighted by Gasteiger charge is -2.05. The van der Waals surface area contributed by atoms with Gasteiger partial charge in [-0.15, -0.1) is 0 Å². The van der Waals surface area contributed by atoms with Crippen molar-refractivity contribution in [2.24, 2.45) is 0 Å². The molecule has 0 radical (unpaired) electrons. The summed E-state index contributed by atoms with van der Waals surface area (Å²) in [6.07, 6.45) is 0.394. The molecule has 0 saturated heterocycles. The van der Waals surface area contributed by atoms with Crippen LogP contribution in [-0.2, 0) is 20.7 Å². The van der Waals surface area contributed by atoms with E-state index in [1.807, 2.05) is 30.3 Å². The molecule has 2 rings (SSSR count). The second-order valence-corrected chi connectivity index (χ2v) is 6.46. The molecule has 138 valence electrons. The second kappa shape index (κ2) is 9.67. The van der Waals surface area contributed by atoms with Crippen molar-refractivity contribution in [2.75, 3.05) is 18.5 Å². The zero-order chi connectivity index (χ0) is 18.9. The highest BCUT2D eigenvalue weighted by Gasteiger charge is 2.17. The second-order valence-electron chi connectivity index (χ2n) is 5.46. The molecule has 0 aliphatic rings. The molecular weight excluding hydrogens is 354 g/mol. The summed E-state index contributed by atoms with van der Waals surface area (Å²) in [6.45, 7) is 3.92. The summed E-state index contributed by atoms with van der Waals surface area (Å²) in [7, 11) is 0. The van der Waals surface area contributed by atoms with Crippen molar-refractivity contribution < 1.29 is 19.1 Å². The number of nitrogens with one attached hydrogen (secondary N) is 2. The number of aromatic nitrogens is 1. The van der Waals surface area contributed by atoms with Crippen LogP contribution in [0, 0.1) is 6.92 Å². The lowest BCUT2D eigenvalue weighted by molar-refractivity contribution is -0.120. The molecule has 0 aliphatic heterocycles. The number of thiazole rings is 1. The van der Waals surface area contributed by atoms with E-state index in [0.29, 0.717) is 15.7 Å². The first-order chi connectivity index (χ1) is 12.5. The summed E-state index contributed by atoms with van der Waals surface area (Å²) >= 11 is 1.07. The number of anilines is 1. The van der Waals surface area contributed by atoms with Crippen LogP contribution in [-0.4, -0.2) is 35.9 Å². The number of esters is 1. The molecule has 1 aromatic carbocycles. The zero-order valence-electron chi connectivity index (χ0n) is 14.7. The van der Waals surface area contributed by atoms with Gasteiger partial charge in [0.2, 0.25) is 11.8 Å². The third-order valence-electron chi connectivity index (χ3n) is 3.39. The van der Waals surface area contributed by atoms with Crippen LogP contribution < -0.4 is 10.6 Å². The molecule has 0 saturated carbocycles. The van der Waals surface area contributed by atoms with Crippen LogP contribution in [0.15, 0.2) is 30.3 Å². The van der Waals surface area contributed by atoms with Crippen molar-refractivity contribution in [1.29, 1.82) is 0 Å². The molecule has 0 atom stereocenters. The molecule has 26 heavy (non-hydrogen) atoms. The first kappa shape index (κ1) is 19.6. The van der Waals surface area contributed by atoms with E-state index >= 15 is 0 Å². The minimum atomic E-state index is -0.448. The summed E-state index contributed by atoms with van der Waals surface area (Å²) in [5.74, 6) is -0.871. The van der Waals surface area contributed by atoms with Crippen LogP contribution in [0.3, 0.4) is 0 Å². The molecule has 1 aromatic heterocycles. The molecule has 8 heteroatoms. The Morgan fingerprint density at radius 3 is 2.58 bits per heavy atom. The van der Waals surface area contributed by atoms with Crippen molar-refractivity contribution >= 4 is 34.3 Å². The maximum atomic E-state index is 12.0. The number of aryl methyl sites for hydroxylation is 1. The number of rotatable bonds is 8. The van der Waals surface area contributed by atoms with E-state index in [1.54, 1.807) is 13.8 Å². The van der Waals surface area contributed by atoms with E-state index in [-0.39, 0.29) is 37.8 Å². The van der Waals surface area contributed by atoms with Gasteiger partial charge in [-0.25, -0.2) is 9.78 Å². The van der Waals surface area contributed by atoms with Gasteiger partial charge in [0.15, 0.2) is 5.13 Å².